The molecule has 2 aromatic rings. The Balaban J connectivity index is 1.26. The summed E-state index contributed by atoms with van der Waals surface area (Å²) >= 11 is 0. The van der Waals surface area contributed by atoms with Crippen LogP contribution in [0.4, 0.5) is 10.6 Å². The molecule has 0 radical (unpaired) electrons. The SMILES string of the molecule is CC(C)(C)OC(=O)N1CCC(N2CCC3(CC2)CNc2nnc(-c4ccccc4O)cc23)C1. The van der Waals surface area contributed by atoms with Gasteiger partial charge in [-0.3, -0.25) is 4.90 Å². The van der Waals surface area contributed by atoms with Crippen molar-refractivity contribution >= 4 is 11.9 Å². The smallest absolute Gasteiger partial charge is 0.410 e. The van der Waals surface area contributed by atoms with Gasteiger partial charge in [-0.15, -0.1) is 10.2 Å². The number of hydrogen-bond acceptors (Lipinski definition) is 7. The lowest BCUT2D eigenvalue weighted by molar-refractivity contribution is 0.0272. The molecule has 33 heavy (non-hydrogen) atoms. The Morgan fingerprint density at radius 2 is 1.94 bits per heavy atom. The molecule has 1 spiro atoms. The van der Waals surface area contributed by atoms with E-state index in [1.165, 1.54) is 5.56 Å². The third-order valence-electron chi connectivity index (χ3n) is 7.23. The van der Waals surface area contributed by atoms with Crippen LogP contribution >= 0.6 is 0 Å². The summed E-state index contributed by atoms with van der Waals surface area (Å²) in [5, 5.41) is 22.5. The summed E-state index contributed by atoms with van der Waals surface area (Å²) in [6.07, 6.45) is 2.84. The molecule has 2 saturated heterocycles. The number of likely N-dealkylation sites (tertiary alicyclic amines) is 2. The number of amides is 1. The van der Waals surface area contributed by atoms with Gasteiger partial charge in [0.2, 0.25) is 0 Å². The van der Waals surface area contributed by atoms with Crippen LogP contribution in [-0.2, 0) is 10.2 Å². The first-order valence-electron chi connectivity index (χ1n) is 11.9. The first-order valence-corrected chi connectivity index (χ1v) is 11.9. The molecule has 1 amide bonds. The van der Waals surface area contributed by atoms with Gasteiger partial charge in [-0.25, -0.2) is 4.79 Å². The van der Waals surface area contributed by atoms with Gasteiger partial charge >= 0.3 is 6.09 Å². The van der Waals surface area contributed by atoms with Crippen LogP contribution in [-0.4, -0.2) is 75.6 Å². The Morgan fingerprint density at radius 1 is 1.18 bits per heavy atom. The minimum atomic E-state index is -0.464. The number of anilines is 1. The van der Waals surface area contributed by atoms with Crippen molar-refractivity contribution in [2.75, 3.05) is 38.0 Å². The van der Waals surface area contributed by atoms with Crippen molar-refractivity contribution in [3.05, 3.63) is 35.9 Å². The number of phenolic OH excluding ortho intramolecular Hbond substituents is 1. The molecule has 3 aliphatic heterocycles. The van der Waals surface area contributed by atoms with Crippen molar-refractivity contribution in [2.24, 2.45) is 0 Å². The molecule has 0 aliphatic carbocycles. The number of piperidine rings is 1. The highest BCUT2D eigenvalue weighted by molar-refractivity contribution is 5.70. The van der Waals surface area contributed by atoms with E-state index in [1.807, 2.05) is 43.9 Å². The molecular weight excluding hydrogens is 418 g/mol. The van der Waals surface area contributed by atoms with Crippen LogP contribution in [0, 0.1) is 0 Å². The Morgan fingerprint density at radius 3 is 2.67 bits per heavy atom. The van der Waals surface area contributed by atoms with E-state index in [1.54, 1.807) is 6.07 Å². The minimum Gasteiger partial charge on any atom is -0.507 e. The van der Waals surface area contributed by atoms with Gasteiger partial charge < -0.3 is 20.1 Å². The first-order chi connectivity index (χ1) is 15.7. The Bertz CT molecular complexity index is 1040. The summed E-state index contributed by atoms with van der Waals surface area (Å²) in [5.74, 6) is 1.08. The number of carbonyl (C=O) groups excluding carboxylic acids is 1. The average Bonchev–Trinajstić information content (AvgIpc) is 3.40. The molecule has 1 aromatic heterocycles. The number of phenols is 1. The topological polar surface area (TPSA) is 90.8 Å². The Kier molecular flexibility index (Phi) is 5.43. The van der Waals surface area contributed by atoms with Gasteiger partial charge in [0.05, 0.1) is 5.69 Å². The van der Waals surface area contributed by atoms with Gasteiger partial charge in [-0.1, -0.05) is 12.1 Å². The van der Waals surface area contributed by atoms with E-state index >= 15 is 0 Å². The highest BCUT2D eigenvalue weighted by atomic mass is 16.6. The highest BCUT2D eigenvalue weighted by Crippen LogP contribution is 2.45. The third-order valence-corrected chi connectivity index (χ3v) is 7.23. The first kappa shape index (κ1) is 21.9. The summed E-state index contributed by atoms with van der Waals surface area (Å²) in [5.41, 5.74) is 2.19. The van der Waals surface area contributed by atoms with Crippen LogP contribution in [0.5, 0.6) is 5.75 Å². The van der Waals surface area contributed by atoms with Crippen molar-refractivity contribution < 1.29 is 14.6 Å². The molecule has 0 bridgehead atoms. The van der Waals surface area contributed by atoms with E-state index in [4.69, 9.17) is 4.74 Å². The van der Waals surface area contributed by atoms with E-state index in [0.717, 1.165) is 57.8 Å². The number of benzene rings is 1. The van der Waals surface area contributed by atoms with Crippen LogP contribution in [0.3, 0.4) is 0 Å². The molecule has 2 N–H and O–H groups in total. The van der Waals surface area contributed by atoms with Gasteiger partial charge in [0, 0.05) is 42.2 Å². The minimum absolute atomic E-state index is 0.0321. The predicted octanol–water partition coefficient (Wildman–Crippen LogP) is 3.62. The molecule has 5 rings (SSSR count). The van der Waals surface area contributed by atoms with Crippen molar-refractivity contribution in [3.63, 3.8) is 0 Å². The molecule has 0 saturated carbocycles. The second kappa shape index (κ2) is 8.17. The number of ether oxygens (including phenoxy) is 1. The fourth-order valence-corrected chi connectivity index (χ4v) is 5.39. The van der Waals surface area contributed by atoms with Gasteiger partial charge in [-0.2, -0.15) is 0 Å². The van der Waals surface area contributed by atoms with E-state index in [9.17, 15) is 9.90 Å². The zero-order valence-electron chi connectivity index (χ0n) is 19.7. The number of aromatic hydroxyl groups is 1. The van der Waals surface area contributed by atoms with E-state index in [0.29, 0.717) is 17.3 Å². The Hall–Kier alpha value is -2.87. The summed E-state index contributed by atoms with van der Waals surface area (Å²) in [4.78, 5) is 16.8. The van der Waals surface area contributed by atoms with Crippen LogP contribution < -0.4 is 5.32 Å². The van der Waals surface area contributed by atoms with Gasteiger partial charge in [0.15, 0.2) is 5.82 Å². The molecule has 8 heteroatoms. The summed E-state index contributed by atoms with van der Waals surface area (Å²) in [6, 6.07) is 9.76. The number of nitrogens with one attached hydrogen (secondary N) is 1. The fourth-order valence-electron chi connectivity index (χ4n) is 5.39. The maximum atomic E-state index is 12.4. The lowest BCUT2D eigenvalue weighted by Gasteiger charge is -2.41. The number of aromatic nitrogens is 2. The molecule has 176 valence electrons. The lowest BCUT2D eigenvalue weighted by Crippen LogP contribution is -2.49. The standard InChI is InChI=1S/C25H33N5O3/c1-24(2,3)33-23(32)30-11-8-17(15-30)29-12-9-25(10-13-29)16-26-22-19(25)14-20(27-28-22)18-6-4-5-7-21(18)31/h4-7,14,17,31H,8-13,15-16H2,1-3H3,(H,26,28). The molecular formula is C25H33N5O3. The quantitative estimate of drug-likeness (QED) is 0.721. The molecule has 1 atom stereocenters. The number of carbonyl (C=O) groups is 1. The summed E-state index contributed by atoms with van der Waals surface area (Å²) < 4.78 is 5.56. The van der Waals surface area contributed by atoms with Crippen LogP contribution in [0.2, 0.25) is 0 Å². The largest absolute Gasteiger partial charge is 0.507 e. The van der Waals surface area contributed by atoms with Gasteiger partial charge in [0.25, 0.3) is 0 Å². The predicted molar refractivity (Wildman–Crippen MR) is 126 cm³/mol. The van der Waals surface area contributed by atoms with E-state index in [-0.39, 0.29) is 17.3 Å². The summed E-state index contributed by atoms with van der Waals surface area (Å²) in [6.45, 7) is 10.1. The number of nitrogens with zero attached hydrogens (tertiary/aromatic N) is 4. The Labute approximate surface area is 194 Å². The molecule has 1 unspecified atom stereocenters. The number of hydrogen-bond donors (Lipinski definition) is 2. The van der Waals surface area contributed by atoms with Crippen molar-refractivity contribution in [1.29, 1.82) is 0 Å². The van der Waals surface area contributed by atoms with Crippen molar-refractivity contribution in [1.82, 2.24) is 20.0 Å². The molecule has 3 aliphatic rings. The molecule has 4 heterocycles. The number of para-hydroxylation sites is 1. The number of fused-ring (bicyclic) bond motifs is 2. The zero-order valence-corrected chi connectivity index (χ0v) is 19.7. The highest BCUT2D eigenvalue weighted by Gasteiger charge is 2.44. The molecule has 1 aromatic carbocycles. The monoisotopic (exact) mass is 451 g/mol. The fraction of sp³-hybridized carbons (Fsp3) is 0.560. The van der Waals surface area contributed by atoms with Gasteiger partial charge in [0.1, 0.15) is 11.4 Å². The lowest BCUT2D eigenvalue weighted by atomic mass is 9.74. The normalized spacial score (nSPS) is 22.3. The third kappa shape index (κ3) is 4.24. The molecule has 2 fully saturated rings. The van der Waals surface area contributed by atoms with Crippen LogP contribution in [0.25, 0.3) is 11.3 Å². The molecule has 8 nitrogen and oxygen atoms in total. The van der Waals surface area contributed by atoms with Gasteiger partial charge in [-0.05, 0) is 71.3 Å². The number of rotatable bonds is 2. The van der Waals surface area contributed by atoms with Crippen LogP contribution in [0.1, 0.15) is 45.6 Å². The van der Waals surface area contributed by atoms with Crippen molar-refractivity contribution in [2.45, 2.75) is 57.1 Å². The second-order valence-electron chi connectivity index (χ2n) is 10.5. The second-order valence-corrected chi connectivity index (χ2v) is 10.5. The zero-order chi connectivity index (χ0) is 23.2. The van der Waals surface area contributed by atoms with E-state index < -0.39 is 5.60 Å². The van der Waals surface area contributed by atoms with E-state index in [2.05, 4.69) is 26.5 Å². The maximum Gasteiger partial charge on any atom is 0.410 e. The maximum absolute atomic E-state index is 12.4. The van der Waals surface area contributed by atoms with Crippen molar-refractivity contribution in [3.8, 4) is 17.0 Å². The summed E-state index contributed by atoms with van der Waals surface area (Å²) in [7, 11) is 0. The van der Waals surface area contributed by atoms with Crippen LogP contribution in [0.15, 0.2) is 30.3 Å². The average molecular weight is 452 g/mol.